The van der Waals surface area contributed by atoms with Crippen LogP contribution in [0, 0.1) is 6.92 Å². The highest BCUT2D eigenvalue weighted by Crippen LogP contribution is 2.53. The van der Waals surface area contributed by atoms with Crippen molar-refractivity contribution in [2.75, 3.05) is 9.71 Å². The van der Waals surface area contributed by atoms with Crippen molar-refractivity contribution >= 4 is 88.9 Å². The van der Waals surface area contributed by atoms with E-state index in [0.717, 1.165) is 21.9 Å². The fraction of sp³-hybridized carbons (Fsp3) is 0.170. The van der Waals surface area contributed by atoms with Crippen molar-refractivity contribution in [2.45, 2.75) is 59.3 Å². The molecule has 0 aliphatic carbocycles. The van der Waals surface area contributed by atoms with Crippen LogP contribution < -0.4 is 20.0 Å². The van der Waals surface area contributed by atoms with E-state index in [0.29, 0.717) is 0 Å². The van der Waals surface area contributed by atoms with Gasteiger partial charge in [-0.2, -0.15) is 0 Å². The summed E-state index contributed by atoms with van der Waals surface area (Å²) in [5.74, 6) is 0. The number of anilines is 5. The monoisotopic (exact) mass is 768 g/mol. The Bertz CT molecular complexity index is 3110. The van der Waals surface area contributed by atoms with E-state index in [1.807, 2.05) is 11.3 Å². The van der Waals surface area contributed by atoms with Crippen LogP contribution in [0.4, 0.5) is 28.4 Å². The zero-order valence-corrected chi connectivity index (χ0v) is 35.0. The lowest BCUT2D eigenvalue weighted by atomic mass is 9.46. The Labute approximate surface area is 345 Å². The summed E-state index contributed by atoms with van der Waals surface area (Å²) in [6.07, 6.45) is 0. The Morgan fingerprint density at radius 3 is 1.98 bits per heavy atom. The molecule has 58 heavy (non-hydrogen) atoms. The number of hydrogen-bond acceptors (Lipinski definition) is 4. The highest BCUT2D eigenvalue weighted by molar-refractivity contribution is 7.32. The van der Waals surface area contributed by atoms with E-state index >= 15 is 0 Å². The molecule has 0 radical (unpaired) electrons. The third kappa shape index (κ3) is 5.26. The molecule has 0 saturated heterocycles. The molecular weight excluding hydrogens is 723 g/mol. The standard InChI is InChI=1S/C53H45BN2OS/c1-32-27-42-40-31-47-41(37-17-11-13-19-46(37)57-47)30-44(40)56(36-24-21-34(22-25-36)52(2,3)4)54-49(42)45(28-32)55(50-38-18-12-14-20-48(38)58-51(50)54)43-26-23-35(53(5,6)7)29-39(43)33-15-9-8-10-16-33/h8-31H,1-7H3. The number of thiophene rings is 1. The number of rotatable bonds is 3. The van der Waals surface area contributed by atoms with Gasteiger partial charge in [0, 0.05) is 53.8 Å². The van der Waals surface area contributed by atoms with Crippen molar-refractivity contribution in [1.82, 2.24) is 0 Å². The van der Waals surface area contributed by atoms with Crippen LogP contribution in [0.2, 0.25) is 0 Å². The molecule has 2 aliphatic heterocycles. The van der Waals surface area contributed by atoms with Gasteiger partial charge < -0.3 is 14.1 Å². The van der Waals surface area contributed by atoms with E-state index in [2.05, 4.69) is 204 Å². The molecule has 3 nitrogen and oxygen atoms in total. The van der Waals surface area contributed by atoms with Gasteiger partial charge in [-0.25, -0.2) is 0 Å². The van der Waals surface area contributed by atoms with Crippen LogP contribution >= 0.6 is 11.3 Å². The second kappa shape index (κ2) is 12.5. The van der Waals surface area contributed by atoms with E-state index in [1.54, 1.807) is 0 Å². The van der Waals surface area contributed by atoms with E-state index in [9.17, 15) is 0 Å². The minimum atomic E-state index is -0.0631. The minimum absolute atomic E-state index is 0.00741. The number of aryl methyl sites for hydroxylation is 1. The first-order chi connectivity index (χ1) is 27.9. The molecule has 0 saturated carbocycles. The normalized spacial score (nSPS) is 13.7. The smallest absolute Gasteiger partial charge is 0.343 e. The van der Waals surface area contributed by atoms with Crippen LogP contribution in [0.5, 0.6) is 0 Å². The second-order valence-corrected chi connectivity index (χ2v) is 19.4. The number of hydrogen-bond donors (Lipinski definition) is 0. The van der Waals surface area contributed by atoms with Gasteiger partial charge in [-0.1, -0.05) is 133 Å². The SMILES string of the molecule is Cc1cc2c3c(c1)N(c1ccc(C(C)(C)C)cc1-c1ccccc1)c1c(sc4ccccc14)B3N(c1ccc(C(C)(C)C)cc1)c1cc3c(cc1-2)oc1ccccc13. The van der Waals surface area contributed by atoms with Crippen molar-refractivity contribution in [1.29, 1.82) is 0 Å². The molecule has 2 aromatic heterocycles. The Morgan fingerprint density at radius 2 is 1.22 bits per heavy atom. The molecule has 4 heterocycles. The summed E-state index contributed by atoms with van der Waals surface area (Å²) in [4.78, 5) is 5.24. The molecule has 5 heteroatoms. The highest BCUT2D eigenvalue weighted by Gasteiger charge is 2.47. The first-order valence-electron chi connectivity index (χ1n) is 20.5. The molecule has 0 unspecified atom stereocenters. The lowest BCUT2D eigenvalue weighted by Gasteiger charge is -2.45. The van der Waals surface area contributed by atoms with Gasteiger partial charge in [0.05, 0.1) is 11.4 Å². The molecule has 282 valence electrons. The van der Waals surface area contributed by atoms with Gasteiger partial charge in [0.15, 0.2) is 0 Å². The van der Waals surface area contributed by atoms with Crippen LogP contribution in [0.25, 0.3) is 54.3 Å². The second-order valence-electron chi connectivity index (χ2n) is 18.3. The van der Waals surface area contributed by atoms with Gasteiger partial charge in [0.1, 0.15) is 11.2 Å². The first-order valence-corrected chi connectivity index (χ1v) is 21.3. The predicted molar refractivity (Wildman–Crippen MR) is 250 cm³/mol. The molecule has 2 aliphatic rings. The van der Waals surface area contributed by atoms with Crippen LogP contribution in [-0.2, 0) is 10.8 Å². The highest BCUT2D eigenvalue weighted by atomic mass is 32.1. The molecule has 0 spiro atoms. The zero-order valence-electron chi connectivity index (χ0n) is 34.1. The number of benzene rings is 7. The molecule has 0 bridgehead atoms. The first kappa shape index (κ1) is 35.2. The Balaban J connectivity index is 1.27. The maximum Gasteiger partial charge on any atom is 0.343 e. The van der Waals surface area contributed by atoms with Gasteiger partial charge in [-0.05, 0) is 106 Å². The Kier molecular flexibility index (Phi) is 7.56. The molecule has 0 amide bonds. The average Bonchev–Trinajstić information content (AvgIpc) is 3.78. The summed E-state index contributed by atoms with van der Waals surface area (Å²) in [6, 6.07) is 54.5. The number of fused-ring (bicyclic) bond motifs is 9. The van der Waals surface area contributed by atoms with E-state index in [1.165, 1.54) is 87.7 Å². The summed E-state index contributed by atoms with van der Waals surface area (Å²) in [5.41, 5.74) is 18.0. The molecule has 0 atom stereocenters. The molecule has 9 aromatic rings. The predicted octanol–water partition coefficient (Wildman–Crippen LogP) is 14.1. The lowest BCUT2D eigenvalue weighted by Crippen LogP contribution is -2.60. The summed E-state index contributed by atoms with van der Waals surface area (Å²) in [7, 11) is 0. The van der Waals surface area contributed by atoms with Gasteiger partial charge >= 0.3 is 6.85 Å². The maximum atomic E-state index is 6.62. The van der Waals surface area contributed by atoms with Crippen LogP contribution in [0.3, 0.4) is 0 Å². The fourth-order valence-corrected chi connectivity index (χ4v) is 10.8. The summed E-state index contributed by atoms with van der Waals surface area (Å²) in [5, 5.41) is 3.56. The van der Waals surface area contributed by atoms with Crippen molar-refractivity contribution < 1.29 is 4.42 Å². The largest absolute Gasteiger partial charge is 0.456 e. The van der Waals surface area contributed by atoms with Crippen molar-refractivity contribution in [3.63, 3.8) is 0 Å². The third-order valence-corrected chi connectivity index (χ3v) is 13.6. The topological polar surface area (TPSA) is 19.6 Å². The summed E-state index contributed by atoms with van der Waals surface area (Å²) < 4.78 is 9.26. The summed E-state index contributed by atoms with van der Waals surface area (Å²) >= 11 is 1.94. The Morgan fingerprint density at radius 1 is 0.534 bits per heavy atom. The van der Waals surface area contributed by atoms with Gasteiger partial charge in [-0.15, -0.1) is 11.3 Å². The molecule has 11 rings (SSSR count). The van der Waals surface area contributed by atoms with Gasteiger partial charge in [0.25, 0.3) is 0 Å². The Hall–Kier alpha value is -6.04. The van der Waals surface area contributed by atoms with Crippen LogP contribution in [0.15, 0.2) is 150 Å². The van der Waals surface area contributed by atoms with Crippen molar-refractivity contribution in [3.8, 4) is 22.3 Å². The number of nitrogens with zero attached hydrogens (tertiary/aromatic N) is 2. The van der Waals surface area contributed by atoms with Gasteiger partial charge in [0.2, 0.25) is 0 Å². The third-order valence-electron chi connectivity index (χ3n) is 12.4. The maximum absolute atomic E-state index is 6.62. The fourth-order valence-electron chi connectivity index (χ4n) is 9.46. The lowest BCUT2D eigenvalue weighted by molar-refractivity contribution is 0.590. The zero-order chi connectivity index (χ0) is 39.7. The number of furan rings is 1. The molecule has 0 fully saturated rings. The molecule has 7 aromatic carbocycles. The average molecular weight is 769 g/mol. The minimum Gasteiger partial charge on any atom is -0.456 e. The molecular formula is C53H45BN2OS. The van der Waals surface area contributed by atoms with Crippen molar-refractivity contribution in [2.24, 2.45) is 0 Å². The van der Waals surface area contributed by atoms with Crippen molar-refractivity contribution in [3.05, 3.63) is 162 Å². The van der Waals surface area contributed by atoms with Crippen LogP contribution in [-0.4, -0.2) is 6.85 Å². The van der Waals surface area contributed by atoms with Gasteiger partial charge in [-0.3, -0.25) is 0 Å². The molecule has 0 N–H and O–H groups in total. The van der Waals surface area contributed by atoms with E-state index in [-0.39, 0.29) is 17.7 Å². The van der Waals surface area contributed by atoms with Crippen LogP contribution in [0.1, 0.15) is 58.2 Å². The number of para-hydroxylation sites is 1. The quantitative estimate of drug-likeness (QED) is 0.167. The summed E-state index contributed by atoms with van der Waals surface area (Å²) in [6.45, 7) is 16.0. The van der Waals surface area contributed by atoms with E-state index in [4.69, 9.17) is 4.42 Å². The van der Waals surface area contributed by atoms with E-state index < -0.39 is 0 Å².